The van der Waals surface area contributed by atoms with Crippen LogP contribution in [0, 0.1) is 5.92 Å². The predicted octanol–water partition coefficient (Wildman–Crippen LogP) is 2.42. The van der Waals surface area contributed by atoms with Crippen molar-refractivity contribution in [2.75, 3.05) is 6.54 Å². The van der Waals surface area contributed by atoms with E-state index in [-0.39, 0.29) is 6.10 Å². The first kappa shape index (κ1) is 11.2. The van der Waals surface area contributed by atoms with Crippen LogP contribution in [0.1, 0.15) is 42.7 Å². The molecule has 0 aromatic heterocycles. The number of benzene rings is 1. The normalized spacial score (nSPS) is 21.5. The maximum atomic E-state index is 9.80. The summed E-state index contributed by atoms with van der Waals surface area (Å²) in [5, 5.41) is 13.2. The van der Waals surface area contributed by atoms with Gasteiger partial charge in [-0.2, -0.15) is 0 Å². The van der Waals surface area contributed by atoms with Gasteiger partial charge in [0.05, 0.1) is 6.10 Å². The van der Waals surface area contributed by atoms with E-state index in [0.29, 0.717) is 5.92 Å². The molecule has 2 N–H and O–H groups in total. The van der Waals surface area contributed by atoms with Gasteiger partial charge in [-0.3, -0.25) is 0 Å². The van der Waals surface area contributed by atoms with Crippen molar-refractivity contribution in [1.29, 1.82) is 0 Å². The molecule has 2 aliphatic carbocycles. The summed E-state index contributed by atoms with van der Waals surface area (Å²) in [4.78, 5) is 0. The highest BCUT2D eigenvalue weighted by Crippen LogP contribution is 2.41. The second kappa shape index (κ2) is 4.79. The van der Waals surface area contributed by atoms with Crippen molar-refractivity contribution in [3.05, 3.63) is 35.4 Å². The zero-order valence-corrected chi connectivity index (χ0v) is 10.2. The Morgan fingerprint density at radius 3 is 2.65 bits per heavy atom. The highest BCUT2D eigenvalue weighted by Gasteiger charge is 2.29. The minimum atomic E-state index is -0.136. The molecule has 1 unspecified atom stereocenters. The molecule has 0 saturated heterocycles. The molecule has 2 heteroatoms. The van der Waals surface area contributed by atoms with Crippen LogP contribution in [0.5, 0.6) is 0 Å². The molecule has 0 radical (unpaired) electrons. The maximum Gasteiger partial charge on any atom is 0.0692 e. The first-order valence-corrected chi connectivity index (χ1v) is 6.81. The van der Waals surface area contributed by atoms with Gasteiger partial charge in [-0.05, 0) is 48.6 Å². The Balaban J connectivity index is 1.53. The molecule has 2 saturated carbocycles. The lowest BCUT2D eigenvalue weighted by molar-refractivity contribution is 0.148. The van der Waals surface area contributed by atoms with Gasteiger partial charge < -0.3 is 10.4 Å². The van der Waals surface area contributed by atoms with E-state index in [1.54, 1.807) is 0 Å². The molecule has 0 bridgehead atoms. The standard InChI is InChI=1S/C15H21NO/c17-15(12-7-8-12)10-16-9-13-3-1-2-4-14(13)11-5-6-11/h1-4,11-12,15-17H,5-10H2. The lowest BCUT2D eigenvalue weighted by atomic mass is 10.0. The Morgan fingerprint density at radius 2 is 1.94 bits per heavy atom. The summed E-state index contributed by atoms with van der Waals surface area (Å²) in [6.07, 6.45) is 4.98. The van der Waals surface area contributed by atoms with E-state index < -0.39 is 0 Å². The van der Waals surface area contributed by atoms with Crippen LogP contribution in [0.2, 0.25) is 0 Å². The third kappa shape index (κ3) is 2.88. The van der Waals surface area contributed by atoms with Gasteiger partial charge in [-0.15, -0.1) is 0 Å². The molecule has 2 nitrogen and oxygen atoms in total. The van der Waals surface area contributed by atoms with Gasteiger partial charge in [0.25, 0.3) is 0 Å². The highest BCUT2D eigenvalue weighted by atomic mass is 16.3. The molecule has 0 spiro atoms. The number of rotatable bonds is 6. The highest BCUT2D eigenvalue weighted by molar-refractivity contribution is 5.33. The van der Waals surface area contributed by atoms with Crippen molar-refractivity contribution < 1.29 is 5.11 Å². The summed E-state index contributed by atoms with van der Waals surface area (Å²) in [6.45, 7) is 1.64. The van der Waals surface area contributed by atoms with Gasteiger partial charge in [0, 0.05) is 13.1 Å². The number of hydrogen-bond donors (Lipinski definition) is 2. The van der Waals surface area contributed by atoms with Gasteiger partial charge in [-0.25, -0.2) is 0 Å². The monoisotopic (exact) mass is 231 g/mol. The van der Waals surface area contributed by atoms with E-state index in [1.807, 2.05) is 0 Å². The Labute approximate surface area is 103 Å². The van der Waals surface area contributed by atoms with Crippen molar-refractivity contribution >= 4 is 0 Å². The zero-order chi connectivity index (χ0) is 11.7. The van der Waals surface area contributed by atoms with Crippen LogP contribution in [0.3, 0.4) is 0 Å². The topological polar surface area (TPSA) is 32.3 Å². The van der Waals surface area contributed by atoms with Crippen molar-refractivity contribution in [3.63, 3.8) is 0 Å². The van der Waals surface area contributed by atoms with E-state index in [1.165, 1.54) is 36.8 Å². The lowest BCUT2D eigenvalue weighted by Crippen LogP contribution is -2.28. The van der Waals surface area contributed by atoms with Crippen molar-refractivity contribution in [2.45, 2.75) is 44.2 Å². The van der Waals surface area contributed by atoms with Crippen LogP contribution < -0.4 is 5.32 Å². The van der Waals surface area contributed by atoms with Crippen LogP contribution in [0.25, 0.3) is 0 Å². The molecule has 17 heavy (non-hydrogen) atoms. The number of hydrogen-bond acceptors (Lipinski definition) is 2. The summed E-state index contributed by atoms with van der Waals surface area (Å²) in [5.74, 6) is 1.38. The summed E-state index contributed by atoms with van der Waals surface area (Å²) in [7, 11) is 0. The maximum absolute atomic E-state index is 9.80. The van der Waals surface area contributed by atoms with Crippen molar-refractivity contribution in [3.8, 4) is 0 Å². The molecule has 2 fully saturated rings. The summed E-state index contributed by atoms with van der Waals surface area (Å²) in [6, 6.07) is 8.71. The second-order valence-electron chi connectivity index (χ2n) is 5.51. The smallest absolute Gasteiger partial charge is 0.0692 e. The SMILES string of the molecule is OC(CNCc1ccccc1C1CC1)C1CC1. The molecule has 92 valence electrons. The second-order valence-corrected chi connectivity index (χ2v) is 5.51. The Hall–Kier alpha value is -0.860. The zero-order valence-electron chi connectivity index (χ0n) is 10.2. The fourth-order valence-electron chi connectivity index (χ4n) is 2.49. The Morgan fingerprint density at radius 1 is 1.18 bits per heavy atom. The quantitative estimate of drug-likeness (QED) is 0.788. The van der Waals surface area contributed by atoms with Gasteiger partial charge in [0.15, 0.2) is 0 Å². The third-order valence-corrected chi connectivity index (χ3v) is 3.91. The molecule has 1 aromatic carbocycles. The molecule has 2 aliphatic rings. The van der Waals surface area contributed by atoms with Crippen molar-refractivity contribution in [1.82, 2.24) is 5.32 Å². The van der Waals surface area contributed by atoms with Crippen LogP contribution >= 0.6 is 0 Å². The predicted molar refractivity (Wildman–Crippen MR) is 68.9 cm³/mol. The Kier molecular flexibility index (Phi) is 3.17. The lowest BCUT2D eigenvalue weighted by Gasteiger charge is -2.13. The largest absolute Gasteiger partial charge is 0.392 e. The average molecular weight is 231 g/mol. The fraction of sp³-hybridized carbons (Fsp3) is 0.600. The Bertz CT molecular complexity index is 382. The summed E-state index contributed by atoms with van der Waals surface area (Å²) < 4.78 is 0. The van der Waals surface area contributed by atoms with Crippen molar-refractivity contribution in [2.24, 2.45) is 5.92 Å². The minimum Gasteiger partial charge on any atom is -0.392 e. The molecule has 1 atom stereocenters. The van der Waals surface area contributed by atoms with E-state index in [0.717, 1.165) is 19.0 Å². The van der Waals surface area contributed by atoms with Crippen LogP contribution in [-0.2, 0) is 6.54 Å². The molecule has 0 amide bonds. The number of aliphatic hydroxyl groups is 1. The van der Waals surface area contributed by atoms with Gasteiger partial charge in [-0.1, -0.05) is 24.3 Å². The van der Waals surface area contributed by atoms with Crippen LogP contribution in [0.15, 0.2) is 24.3 Å². The molecular weight excluding hydrogens is 210 g/mol. The third-order valence-electron chi connectivity index (χ3n) is 3.91. The van der Waals surface area contributed by atoms with Crippen LogP contribution in [-0.4, -0.2) is 17.8 Å². The molecule has 0 aliphatic heterocycles. The number of aliphatic hydroxyl groups excluding tert-OH is 1. The minimum absolute atomic E-state index is 0.136. The first-order valence-electron chi connectivity index (χ1n) is 6.81. The molecule has 0 heterocycles. The van der Waals surface area contributed by atoms with E-state index in [9.17, 15) is 5.11 Å². The average Bonchev–Trinajstić information content (AvgIpc) is 3.19. The van der Waals surface area contributed by atoms with E-state index in [2.05, 4.69) is 29.6 Å². The van der Waals surface area contributed by atoms with Gasteiger partial charge >= 0.3 is 0 Å². The number of nitrogens with one attached hydrogen (secondary N) is 1. The van der Waals surface area contributed by atoms with Crippen LogP contribution in [0.4, 0.5) is 0 Å². The van der Waals surface area contributed by atoms with E-state index >= 15 is 0 Å². The molecule has 1 aromatic rings. The van der Waals surface area contributed by atoms with Gasteiger partial charge in [0.2, 0.25) is 0 Å². The molecular formula is C15H21NO. The first-order chi connectivity index (χ1) is 8.34. The summed E-state index contributed by atoms with van der Waals surface area (Å²) >= 11 is 0. The fourth-order valence-corrected chi connectivity index (χ4v) is 2.49. The summed E-state index contributed by atoms with van der Waals surface area (Å²) in [5.41, 5.74) is 2.93. The molecule has 3 rings (SSSR count). The van der Waals surface area contributed by atoms with E-state index in [4.69, 9.17) is 0 Å². The van der Waals surface area contributed by atoms with Gasteiger partial charge in [0.1, 0.15) is 0 Å².